The molecule has 0 heterocycles. The van der Waals surface area contributed by atoms with E-state index in [0.29, 0.717) is 12.1 Å². The minimum Gasteiger partial charge on any atom is -0.336 e. The summed E-state index contributed by atoms with van der Waals surface area (Å²) >= 11 is 0. The third-order valence-electron chi connectivity index (χ3n) is 3.10. The molecular weight excluding hydrogens is 188 g/mol. The van der Waals surface area contributed by atoms with E-state index in [-0.39, 0.29) is 5.91 Å². The largest absolute Gasteiger partial charge is 0.336 e. The predicted molar refractivity (Wildman–Crippen MR) is 62.4 cm³/mol. The monoisotopic (exact) mass is 210 g/mol. The summed E-state index contributed by atoms with van der Waals surface area (Å²) in [6.07, 6.45) is 6.58. The molecular formula is C12H22N2O. The zero-order valence-corrected chi connectivity index (χ0v) is 9.61. The van der Waals surface area contributed by atoms with E-state index in [4.69, 9.17) is 5.73 Å². The molecule has 1 aliphatic carbocycles. The van der Waals surface area contributed by atoms with Crippen molar-refractivity contribution in [3.05, 3.63) is 12.7 Å². The van der Waals surface area contributed by atoms with Crippen LogP contribution in [0, 0.1) is 0 Å². The van der Waals surface area contributed by atoms with Crippen LogP contribution in [-0.2, 0) is 4.79 Å². The van der Waals surface area contributed by atoms with Crippen molar-refractivity contribution in [3.8, 4) is 0 Å². The standard InChI is InChI=1S/C12H22N2O/c1-3-9-14(12(15)4-2)11-7-5-10(13)6-8-11/h4,10-11H,2-3,5-9,13H2,1H3. The van der Waals surface area contributed by atoms with Crippen LogP contribution in [0.4, 0.5) is 0 Å². The first-order valence-corrected chi connectivity index (χ1v) is 5.87. The maximum absolute atomic E-state index is 11.7. The van der Waals surface area contributed by atoms with E-state index < -0.39 is 0 Å². The quantitative estimate of drug-likeness (QED) is 0.718. The molecule has 0 aromatic carbocycles. The van der Waals surface area contributed by atoms with Gasteiger partial charge in [0.1, 0.15) is 0 Å². The van der Waals surface area contributed by atoms with Crippen LogP contribution in [0.15, 0.2) is 12.7 Å². The highest BCUT2D eigenvalue weighted by molar-refractivity contribution is 5.87. The van der Waals surface area contributed by atoms with E-state index in [9.17, 15) is 4.79 Å². The van der Waals surface area contributed by atoms with Gasteiger partial charge in [0, 0.05) is 18.6 Å². The van der Waals surface area contributed by atoms with Crippen LogP contribution in [0.25, 0.3) is 0 Å². The van der Waals surface area contributed by atoms with E-state index in [1.807, 2.05) is 4.90 Å². The lowest BCUT2D eigenvalue weighted by Gasteiger charge is -2.35. The van der Waals surface area contributed by atoms with E-state index in [0.717, 1.165) is 38.6 Å². The van der Waals surface area contributed by atoms with Gasteiger partial charge in [-0.15, -0.1) is 0 Å². The Hall–Kier alpha value is -0.830. The van der Waals surface area contributed by atoms with Crippen molar-refractivity contribution in [1.29, 1.82) is 0 Å². The lowest BCUT2D eigenvalue weighted by Crippen LogP contribution is -2.43. The topological polar surface area (TPSA) is 46.3 Å². The van der Waals surface area contributed by atoms with Crippen LogP contribution < -0.4 is 5.73 Å². The molecule has 3 heteroatoms. The van der Waals surface area contributed by atoms with Crippen molar-refractivity contribution in [1.82, 2.24) is 4.90 Å². The Morgan fingerprint density at radius 1 is 1.47 bits per heavy atom. The third kappa shape index (κ3) is 3.34. The first-order valence-electron chi connectivity index (χ1n) is 5.87. The highest BCUT2D eigenvalue weighted by Gasteiger charge is 2.25. The van der Waals surface area contributed by atoms with Crippen LogP contribution in [0.2, 0.25) is 0 Å². The van der Waals surface area contributed by atoms with E-state index in [1.54, 1.807) is 0 Å². The predicted octanol–water partition coefficient (Wildman–Crippen LogP) is 1.68. The van der Waals surface area contributed by atoms with Crippen LogP contribution in [0.5, 0.6) is 0 Å². The maximum Gasteiger partial charge on any atom is 0.246 e. The lowest BCUT2D eigenvalue weighted by molar-refractivity contribution is -0.129. The van der Waals surface area contributed by atoms with E-state index in [2.05, 4.69) is 13.5 Å². The summed E-state index contributed by atoms with van der Waals surface area (Å²) in [5.74, 6) is 0.0670. The molecule has 0 saturated heterocycles. The fourth-order valence-electron chi connectivity index (χ4n) is 2.24. The smallest absolute Gasteiger partial charge is 0.246 e. The Morgan fingerprint density at radius 3 is 2.53 bits per heavy atom. The van der Waals surface area contributed by atoms with Gasteiger partial charge >= 0.3 is 0 Å². The zero-order chi connectivity index (χ0) is 11.3. The maximum atomic E-state index is 11.7. The van der Waals surface area contributed by atoms with E-state index in [1.165, 1.54) is 6.08 Å². The van der Waals surface area contributed by atoms with Gasteiger partial charge in [-0.1, -0.05) is 13.5 Å². The number of carbonyl (C=O) groups is 1. The summed E-state index contributed by atoms with van der Waals surface area (Å²) in [7, 11) is 0. The molecule has 0 spiro atoms. The summed E-state index contributed by atoms with van der Waals surface area (Å²) in [6.45, 7) is 6.49. The SMILES string of the molecule is C=CC(=O)N(CCC)C1CCC(N)CC1. The molecule has 15 heavy (non-hydrogen) atoms. The average Bonchev–Trinajstić information content (AvgIpc) is 2.26. The van der Waals surface area contributed by atoms with Crippen molar-refractivity contribution in [2.45, 2.75) is 51.1 Å². The van der Waals surface area contributed by atoms with Crippen molar-refractivity contribution >= 4 is 5.91 Å². The molecule has 0 aromatic heterocycles. The van der Waals surface area contributed by atoms with Gasteiger partial charge in [-0.3, -0.25) is 4.79 Å². The molecule has 0 radical (unpaired) electrons. The molecule has 0 aliphatic heterocycles. The minimum atomic E-state index is 0.0670. The number of rotatable bonds is 4. The second-order valence-corrected chi connectivity index (χ2v) is 4.30. The molecule has 0 unspecified atom stereocenters. The number of hydrogen-bond donors (Lipinski definition) is 1. The Labute approximate surface area is 92.3 Å². The Morgan fingerprint density at radius 2 is 2.07 bits per heavy atom. The van der Waals surface area contributed by atoms with Gasteiger partial charge in [0.15, 0.2) is 0 Å². The fraction of sp³-hybridized carbons (Fsp3) is 0.750. The number of nitrogens with two attached hydrogens (primary N) is 1. The highest BCUT2D eigenvalue weighted by Crippen LogP contribution is 2.22. The van der Waals surface area contributed by atoms with Crippen LogP contribution in [0.1, 0.15) is 39.0 Å². The second-order valence-electron chi connectivity index (χ2n) is 4.30. The normalized spacial score (nSPS) is 26.0. The van der Waals surface area contributed by atoms with Gasteiger partial charge in [-0.05, 0) is 38.2 Å². The molecule has 1 aliphatic rings. The van der Waals surface area contributed by atoms with Crippen LogP contribution >= 0.6 is 0 Å². The first kappa shape index (κ1) is 12.2. The van der Waals surface area contributed by atoms with Crippen molar-refractivity contribution in [2.75, 3.05) is 6.54 Å². The fourth-order valence-corrected chi connectivity index (χ4v) is 2.24. The highest BCUT2D eigenvalue weighted by atomic mass is 16.2. The molecule has 1 fully saturated rings. The summed E-state index contributed by atoms with van der Waals surface area (Å²) in [6, 6.07) is 0.721. The van der Waals surface area contributed by atoms with Crippen LogP contribution in [0.3, 0.4) is 0 Å². The summed E-state index contributed by atoms with van der Waals surface area (Å²) in [4.78, 5) is 13.6. The van der Waals surface area contributed by atoms with Gasteiger partial charge < -0.3 is 10.6 Å². The molecule has 3 nitrogen and oxygen atoms in total. The minimum absolute atomic E-state index is 0.0670. The third-order valence-corrected chi connectivity index (χ3v) is 3.10. The zero-order valence-electron chi connectivity index (χ0n) is 9.61. The molecule has 86 valence electrons. The Balaban J connectivity index is 2.55. The lowest BCUT2D eigenvalue weighted by atomic mass is 9.90. The molecule has 2 N–H and O–H groups in total. The molecule has 0 atom stereocenters. The molecule has 1 amide bonds. The van der Waals surface area contributed by atoms with Gasteiger partial charge in [-0.2, -0.15) is 0 Å². The van der Waals surface area contributed by atoms with Crippen LogP contribution in [-0.4, -0.2) is 29.4 Å². The number of amides is 1. The molecule has 0 aromatic rings. The molecule has 1 saturated carbocycles. The van der Waals surface area contributed by atoms with Gasteiger partial charge in [0.05, 0.1) is 0 Å². The number of hydrogen-bond acceptors (Lipinski definition) is 2. The Kier molecular flexibility index (Phi) is 4.82. The van der Waals surface area contributed by atoms with E-state index >= 15 is 0 Å². The molecule has 0 bridgehead atoms. The van der Waals surface area contributed by atoms with Crippen molar-refractivity contribution < 1.29 is 4.79 Å². The first-order chi connectivity index (χ1) is 7.19. The van der Waals surface area contributed by atoms with Crippen molar-refractivity contribution in [3.63, 3.8) is 0 Å². The van der Waals surface area contributed by atoms with Gasteiger partial charge in [0.2, 0.25) is 5.91 Å². The van der Waals surface area contributed by atoms with Gasteiger partial charge in [-0.25, -0.2) is 0 Å². The average molecular weight is 210 g/mol. The summed E-state index contributed by atoms with van der Waals surface area (Å²) in [5, 5.41) is 0. The number of nitrogens with zero attached hydrogens (tertiary/aromatic N) is 1. The summed E-state index contributed by atoms with van der Waals surface area (Å²) < 4.78 is 0. The van der Waals surface area contributed by atoms with Gasteiger partial charge in [0.25, 0.3) is 0 Å². The number of carbonyl (C=O) groups excluding carboxylic acids is 1. The molecule has 1 rings (SSSR count). The summed E-state index contributed by atoms with van der Waals surface area (Å²) in [5.41, 5.74) is 5.86. The Bertz CT molecular complexity index is 220. The van der Waals surface area contributed by atoms with Crippen molar-refractivity contribution in [2.24, 2.45) is 5.73 Å². The second kappa shape index (κ2) is 5.91.